The number of nitrogens with one attached hydrogen (secondary N) is 1. The summed E-state index contributed by atoms with van der Waals surface area (Å²) in [7, 11) is 0. The number of para-hydroxylation sites is 1. The van der Waals surface area contributed by atoms with Crippen LogP contribution in [0.1, 0.15) is 0 Å². The van der Waals surface area contributed by atoms with Crippen LogP contribution in [0.5, 0.6) is 0 Å². The minimum atomic E-state index is 0.605. The average Bonchev–Trinajstić information content (AvgIpc) is 3.73. The molecule has 8 aromatic carbocycles. The van der Waals surface area contributed by atoms with Crippen LogP contribution < -0.4 is 0 Å². The topological polar surface area (TPSA) is 93.1 Å². The van der Waals surface area contributed by atoms with Gasteiger partial charge in [-0.05, 0) is 47.0 Å². The summed E-state index contributed by atoms with van der Waals surface area (Å²) < 4.78 is 0. The van der Waals surface area contributed by atoms with Crippen LogP contribution >= 0.6 is 0 Å². The van der Waals surface area contributed by atoms with E-state index in [9.17, 15) is 0 Å². The van der Waals surface area contributed by atoms with Crippen LogP contribution in [0.2, 0.25) is 0 Å². The maximum Gasteiger partial charge on any atom is 0.164 e. The fourth-order valence-electron chi connectivity index (χ4n) is 7.88. The van der Waals surface area contributed by atoms with Gasteiger partial charge in [0.2, 0.25) is 0 Å². The molecule has 0 amide bonds. The normalized spacial score (nSPS) is 11.3. The second-order valence-corrected chi connectivity index (χ2v) is 14.9. The van der Waals surface area contributed by atoms with Crippen molar-refractivity contribution in [2.75, 3.05) is 0 Å². The molecule has 0 aliphatic carbocycles. The van der Waals surface area contributed by atoms with Gasteiger partial charge >= 0.3 is 0 Å². The third kappa shape index (κ3) is 7.00. The first kappa shape index (κ1) is 35.7. The van der Waals surface area contributed by atoms with E-state index in [0.29, 0.717) is 34.9 Å². The van der Waals surface area contributed by atoms with E-state index in [-0.39, 0.29) is 0 Å². The standard InChI is InChI=1S/C54H35N7/c1-5-17-35(18-6-1)49-56-50(36-19-7-2-8-20-36)59-53(58-49)41-27-15-25-39(31-41)43-33-45(48-46(34-43)44-29-13-14-30-47(44)55-48)40-26-16-28-42(32-40)54-60-51(37-21-9-3-10-22-37)57-52(61-54)38-23-11-4-12-24-38/h1-34,55H. The quantitative estimate of drug-likeness (QED) is 0.165. The highest BCUT2D eigenvalue weighted by molar-refractivity contribution is 6.13. The second-order valence-electron chi connectivity index (χ2n) is 14.9. The smallest absolute Gasteiger partial charge is 0.164 e. The molecule has 0 aliphatic heterocycles. The van der Waals surface area contributed by atoms with E-state index in [4.69, 9.17) is 29.9 Å². The van der Waals surface area contributed by atoms with Gasteiger partial charge in [0.25, 0.3) is 0 Å². The Kier molecular flexibility index (Phi) is 9.02. The van der Waals surface area contributed by atoms with Crippen molar-refractivity contribution >= 4 is 21.8 Å². The van der Waals surface area contributed by atoms with Crippen LogP contribution in [0.4, 0.5) is 0 Å². The van der Waals surface area contributed by atoms with Gasteiger partial charge in [0, 0.05) is 55.2 Å². The Labute approximate surface area is 352 Å². The van der Waals surface area contributed by atoms with Crippen LogP contribution in [0.3, 0.4) is 0 Å². The summed E-state index contributed by atoms with van der Waals surface area (Å²) in [6.07, 6.45) is 0. The Morgan fingerprint density at radius 3 is 1.08 bits per heavy atom. The largest absolute Gasteiger partial charge is 0.354 e. The fourth-order valence-corrected chi connectivity index (χ4v) is 7.88. The molecule has 11 rings (SSSR count). The van der Waals surface area contributed by atoms with E-state index in [1.165, 1.54) is 0 Å². The SMILES string of the molecule is c1ccc(-c2nc(-c3ccccc3)nc(-c3cccc(-c4cc(-c5cccc(-c6nc(-c7ccccc7)nc(-c7ccccc7)n6)c5)c5[nH]c6ccccc6c5c4)c3)n2)cc1. The van der Waals surface area contributed by atoms with Crippen molar-refractivity contribution in [2.24, 2.45) is 0 Å². The van der Waals surface area contributed by atoms with E-state index < -0.39 is 0 Å². The molecule has 0 spiro atoms. The molecule has 11 aromatic rings. The molecule has 0 atom stereocenters. The average molecular weight is 782 g/mol. The second kappa shape index (κ2) is 15.4. The van der Waals surface area contributed by atoms with Gasteiger partial charge in [-0.1, -0.05) is 176 Å². The fraction of sp³-hybridized carbons (Fsp3) is 0. The van der Waals surface area contributed by atoms with E-state index >= 15 is 0 Å². The lowest BCUT2D eigenvalue weighted by Gasteiger charge is -2.12. The third-order valence-corrected chi connectivity index (χ3v) is 10.9. The zero-order valence-corrected chi connectivity index (χ0v) is 32.8. The maximum absolute atomic E-state index is 5.04. The molecule has 0 unspecified atom stereocenters. The first-order valence-electron chi connectivity index (χ1n) is 20.2. The van der Waals surface area contributed by atoms with Gasteiger partial charge in [0.15, 0.2) is 34.9 Å². The first-order chi connectivity index (χ1) is 30.2. The molecule has 0 fully saturated rings. The van der Waals surface area contributed by atoms with Gasteiger partial charge in [0.05, 0.1) is 5.52 Å². The highest BCUT2D eigenvalue weighted by Gasteiger charge is 2.18. The summed E-state index contributed by atoms with van der Waals surface area (Å²) in [6.45, 7) is 0. The zero-order valence-electron chi connectivity index (χ0n) is 32.8. The minimum absolute atomic E-state index is 0.605. The lowest BCUT2D eigenvalue weighted by atomic mass is 9.94. The van der Waals surface area contributed by atoms with Gasteiger partial charge in [0.1, 0.15) is 0 Å². The molecule has 3 aromatic heterocycles. The number of aromatic nitrogens is 7. The molecule has 0 saturated carbocycles. The van der Waals surface area contributed by atoms with Crippen LogP contribution in [-0.4, -0.2) is 34.9 Å². The lowest BCUT2D eigenvalue weighted by molar-refractivity contribution is 1.07. The Hall–Kier alpha value is -8.42. The number of benzene rings is 8. The molecule has 0 aliphatic rings. The van der Waals surface area contributed by atoms with Crippen molar-refractivity contribution in [2.45, 2.75) is 0 Å². The predicted molar refractivity (Wildman–Crippen MR) is 246 cm³/mol. The molecule has 61 heavy (non-hydrogen) atoms. The Morgan fingerprint density at radius 2 is 0.607 bits per heavy atom. The van der Waals surface area contributed by atoms with Crippen molar-refractivity contribution in [3.63, 3.8) is 0 Å². The van der Waals surface area contributed by atoms with Crippen molar-refractivity contribution in [1.29, 1.82) is 0 Å². The third-order valence-electron chi connectivity index (χ3n) is 10.9. The van der Waals surface area contributed by atoms with Gasteiger partial charge in [-0.25, -0.2) is 29.9 Å². The van der Waals surface area contributed by atoms with E-state index in [0.717, 1.165) is 77.4 Å². The highest BCUT2D eigenvalue weighted by atomic mass is 15.0. The number of aromatic amines is 1. The number of fused-ring (bicyclic) bond motifs is 3. The molecule has 0 bridgehead atoms. The summed E-state index contributed by atoms with van der Waals surface area (Å²) in [5.41, 5.74) is 11.9. The molecule has 7 heteroatoms. The van der Waals surface area contributed by atoms with Crippen molar-refractivity contribution in [1.82, 2.24) is 34.9 Å². The van der Waals surface area contributed by atoms with Gasteiger partial charge < -0.3 is 4.98 Å². The van der Waals surface area contributed by atoms with Crippen LogP contribution in [0.25, 0.3) is 112 Å². The number of rotatable bonds is 8. The lowest BCUT2D eigenvalue weighted by Crippen LogP contribution is -2.00. The van der Waals surface area contributed by atoms with Crippen LogP contribution in [0.15, 0.2) is 206 Å². The van der Waals surface area contributed by atoms with E-state index in [1.807, 2.05) is 121 Å². The number of H-pyrrole nitrogens is 1. The van der Waals surface area contributed by atoms with Crippen LogP contribution in [-0.2, 0) is 0 Å². The predicted octanol–water partition coefficient (Wildman–Crippen LogP) is 13.0. The summed E-state index contributed by atoms with van der Waals surface area (Å²) in [6, 6.07) is 70.2. The summed E-state index contributed by atoms with van der Waals surface area (Å²) in [5, 5.41) is 2.29. The van der Waals surface area contributed by atoms with E-state index in [2.05, 4.69) is 89.9 Å². The molecule has 286 valence electrons. The number of nitrogens with zero attached hydrogens (tertiary/aromatic N) is 6. The summed E-state index contributed by atoms with van der Waals surface area (Å²) >= 11 is 0. The molecular formula is C54H35N7. The van der Waals surface area contributed by atoms with Gasteiger partial charge in [-0.3, -0.25) is 0 Å². The number of hydrogen-bond donors (Lipinski definition) is 1. The highest BCUT2D eigenvalue weighted by Crippen LogP contribution is 2.39. The molecule has 0 radical (unpaired) electrons. The number of hydrogen-bond acceptors (Lipinski definition) is 6. The van der Waals surface area contributed by atoms with Gasteiger partial charge in [-0.2, -0.15) is 0 Å². The maximum atomic E-state index is 5.04. The zero-order chi connectivity index (χ0) is 40.5. The van der Waals surface area contributed by atoms with Gasteiger partial charge in [-0.15, -0.1) is 0 Å². The van der Waals surface area contributed by atoms with Crippen molar-refractivity contribution < 1.29 is 0 Å². The van der Waals surface area contributed by atoms with Crippen molar-refractivity contribution in [3.8, 4) is 90.6 Å². The van der Waals surface area contributed by atoms with Crippen LogP contribution in [0, 0.1) is 0 Å². The molecule has 7 nitrogen and oxygen atoms in total. The molecule has 0 saturated heterocycles. The molecule has 1 N–H and O–H groups in total. The molecular weight excluding hydrogens is 747 g/mol. The Bertz CT molecular complexity index is 3230. The minimum Gasteiger partial charge on any atom is -0.354 e. The summed E-state index contributed by atoms with van der Waals surface area (Å²) in [4.78, 5) is 33.7. The van der Waals surface area contributed by atoms with E-state index in [1.54, 1.807) is 0 Å². The summed E-state index contributed by atoms with van der Waals surface area (Å²) in [5.74, 6) is 3.72. The Balaban J connectivity index is 1.06. The Morgan fingerprint density at radius 1 is 0.246 bits per heavy atom. The molecule has 3 heterocycles. The first-order valence-corrected chi connectivity index (χ1v) is 20.2. The monoisotopic (exact) mass is 781 g/mol. The van der Waals surface area contributed by atoms with Crippen molar-refractivity contribution in [3.05, 3.63) is 206 Å².